The Morgan fingerprint density at radius 1 is 1.12 bits per heavy atom. The first-order valence-corrected chi connectivity index (χ1v) is 11.4. The highest BCUT2D eigenvalue weighted by Crippen LogP contribution is 2.36. The van der Waals surface area contributed by atoms with Crippen LogP contribution in [0.3, 0.4) is 0 Å². The molecule has 3 fully saturated rings. The number of rotatable bonds is 6. The van der Waals surface area contributed by atoms with Crippen molar-refractivity contribution in [2.75, 3.05) is 32.7 Å². The van der Waals surface area contributed by atoms with E-state index in [2.05, 4.69) is 20.2 Å². The van der Waals surface area contributed by atoms with Gasteiger partial charge in [-0.1, -0.05) is 6.07 Å². The summed E-state index contributed by atoms with van der Waals surface area (Å²) < 4.78 is 6.45. The Bertz CT molecular complexity index is 953. The van der Waals surface area contributed by atoms with Crippen LogP contribution in [-0.4, -0.2) is 76.0 Å². The number of nitrogens with one attached hydrogen (secondary N) is 1. The lowest BCUT2D eigenvalue weighted by atomic mass is 9.98. The number of hydrogen-bond donors (Lipinski definition) is 1. The second-order valence-corrected chi connectivity index (χ2v) is 9.22. The molecule has 1 spiro atoms. The van der Waals surface area contributed by atoms with Crippen LogP contribution in [0.1, 0.15) is 35.2 Å². The van der Waals surface area contributed by atoms with E-state index in [1.807, 2.05) is 17.0 Å². The van der Waals surface area contributed by atoms with Gasteiger partial charge in [0.25, 0.3) is 11.8 Å². The van der Waals surface area contributed by atoms with Crippen LogP contribution < -0.4 is 5.32 Å². The number of morpholine rings is 1. The van der Waals surface area contributed by atoms with E-state index >= 15 is 0 Å². The SMILES string of the molecule is O=C(NCc1cccnc1)C1CN(CC2CC2)CC2(CCN(C(=O)c3cccnc3)C2)O1. The number of hydrogen-bond acceptors (Lipinski definition) is 6. The van der Waals surface area contributed by atoms with Gasteiger partial charge in [0.05, 0.1) is 12.1 Å². The molecule has 2 aromatic rings. The molecule has 2 amide bonds. The maximum absolute atomic E-state index is 13.0. The van der Waals surface area contributed by atoms with Gasteiger partial charge in [0.2, 0.25) is 0 Å². The van der Waals surface area contributed by atoms with Gasteiger partial charge in [-0.3, -0.25) is 24.5 Å². The van der Waals surface area contributed by atoms with E-state index in [1.54, 1.807) is 36.9 Å². The number of likely N-dealkylation sites (tertiary alicyclic amines) is 1. The van der Waals surface area contributed by atoms with Crippen molar-refractivity contribution >= 4 is 11.8 Å². The first-order chi connectivity index (χ1) is 15.6. The molecule has 4 heterocycles. The molecule has 2 unspecified atom stereocenters. The third kappa shape index (κ3) is 4.81. The first kappa shape index (κ1) is 21.0. The number of aromatic nitrogens is 2. The Morgan fingerprint density at radius 2 is 1.94 bits per heavy atom. The van der Waals surface area contributed by atoms with Gasteiger partial charge in [-0.05, 0) is 48.9 Å². The molecule has 0 radical (unpaired) electrons. The molecule has 1 N–H and O–H groups in total. The molecule has 2 aromatic heterocycles. The smallest absolute Gasteiger partial charge is 0.255 e. The summed E-state index contributed by atoms with van der Waals surface area (Å²) in [6.45, 7) is 3.88. The molecular weight excluding hydrogens is 406 g/mol. The predicted molar refractivity (Wildman–Crippen MR) is 118 cm³/mol. The molecule has 8 heteroatoms. The van der Waals surface area contributed by atoms with Crippen molar-refractivity contribution in [1.82, 2.24) is 25.1 Å². The van der Waals surface area contributed by atoms with Gasteiger partial charge in [-0.25, -0.2) is 0 Å². The Labute approximate surface area is 188 Å². The lowest BCUT2D eigenvalue weighted by Crippen LogP contribution is -2.60. The zero-order valence-corrected chi connectivity index (χ0v) is 18.2. The van der Waals surface area contributed by atoms with Crippen LogP contribution in [-0.2, 0) is 16.1 Å². The molecule has 2 saturated heterocycles. The Morgan fingerprint density at radius 3 is 2.66 bits per heavy atom. The Hall–Kier alpha value is -2.84. The van der Waals surface area contributed by atoms with E-state index in [-0.39, 0.29) is 11.8 Å². The summed E-state index contributed by atoms with van der Waals surface area (Å²) in [4.78, 5) is 38.3. The summed E-state index contributed by atoms with van der Waals surface area (Å²) >= 11 is 0. The molecule has 1 saturated carbocycles. The number of carbonyl (C=O) groups excluding carboxylic acids is 2. The lowest BCUT2D eigenvalue weighted by molar-refractivity contribution is -0.168. The van der Waals surface area contributed by atoms with Crippen molar-refractivity contribution in [3.63, 3.8) is 0 Å². The molecule has 5 rings (SSSR count). The van der Waals surface area contributed by atoms with E-state index < -0.39 is 11.7 Å². The van der Waals surface area contributed by atoms with Crippen LogP contribution >= 0.6 is 0 Å². The molecule has 8 nitrogen and oxygen atoms in total. The molecule has 1 aliphatic carbocycles. The highest BCUT2D eigenvalue weighted by atomic mass is 16.5. The van der Waals surface area contributed by atoms with Crippen molar-refractivity contribution in [2.24, 2.45) is 5.92 Å². The van der Waals surface area contributed by atoms with Gasteiger partial charge in [0.1, 0.15) is 11.7 Å². The average molecular weight is 436 g/mol. The maximum atomic E-state index is 13.0. The molecule has 3 aliphatic rings. The monoisotopic (exact) mass is 435 g/mol. The number of pyridine rings is 2. The molecule has 2 atom stereocenters. The lowest BCUT2D eigenvalue weighted by Gasteiger charge is -2.44. The molecule has 168 valence electrons. The van der Waals surface area contributed by atoms with Gasteiger partial charge in [-0.2, -0.15) is 0 Å². The van der Waals surface area contributed by atoms with Gasteiger partial charge < -0.3 is 15.0 Å². The van der Waals surface area contributed by atoms with Gasteiger partial charge in [-0.15, -0.1) is 0 Å². The minimum absolute atomic E-state index is 0.0320. The van der Waals surface area contributed by atoms with E-state index in [0.29, 0.717) is 31.7 Å². The second-order valence-electron chi connectivity index (χ2n) is 9.22. The van der Waals surface area contributed by atoms with Gasteiger partial charge in [0, 0.05) is 57.5 Å². The fourth-order valence-corrected chi connectivity index (χ4v) is 4.74. The molecule has 0 aromatic carbocycles. The van der Waals surface area contributed by atoms with E-state index in [1.165, 1.54) is 12.8 Å². The van der Waals surface area contributed by atoms with E-state index in [9.17, 15) is 9.59 Å². The maximum Gasteiger partial charge on any atom is 0.255 e. The molecular formula is C24H29N5O3. The average Bonchev–Trinajstić information content (AvgIpc) is 3.56. The molecule has 2 aliphatic heterocycles. The Kier molecular flexibility index (Phi) is 5.89. The minimum atomic E-state index is -0.549. The minimum Gasteiger partial charge on any atom is -0.357 e. The fraction of sp³-hybridized carbons (Fsp3) is 0.500. The van der Waals surface area contributed by atoms with Crippen molar-refractivity contribution in [1.29, 1.82) is 0 Å². The third-order valence-electron chi connectivity index (χ3n) is 6.54. The fourth-order valence-electron chi connectivity index (χ4n) is 4.74. The zero-order chi connectivity index (χ0) is 22.0. The number of carbonyl (C=O) groups is 2. The first-order valence-electron chi connectivity index (χ1n) is 11.4. The summed E-state index contributed by atoms with van der Waals surface area (Å²) in [5, 5.41) is 3.00. The van der Waals surface area contributed by atoms with Crippen LogP contribution in [0.15, 0.2) is 49.1 Å². The van der Waals surface area contributed by atoms with Crippen molar-refractivity contribution in [2.45, 2.75) is 37.5 Å². The van der Waals surface area contributed by atoms with Crippen LogP contribution in [0.4, 0.5) is 0 Å². The summed E-state index contributed by atoms with van der Waals surface area (Å²) in [7, 11) is 0. The quantitative estimate of drug-likeness (QED) is 0.740. The van der Waals surface area contributed by atoms with Gasteiger partial charge >= 0.3 is 0 Å². The van der Waals surface area contributed by atoms with Crippen LogP contribution in [0.5, 0.6) is 0 Å². The Balaban J connectivity index is 1.27. The molecule has 32 heavy (non-hydrogen) atoms. The standard InChI is InChI=1S/C24H29N5O3/c30-22(27-12-19-3-1-8-25-11-19)21-15-28(14-18-5-6-18)16-24(32-21)7-10-29(17-24)23(31)20-4-2-9-26-13-20/h1-4,8-9,11,13,18,21H,5-7,10,12,14-17H2,(H,27,30). The topological polar surface area (TPSA) is 87.7 Å². The number of nitrogens with zero attached hydrogens (tertiary/aromatic N) is 4. The largest absolute Gasteiger partial charge is 0.357 e. The van der Waals surface area contributed by atoms with E-state index in [0.717, 1.165) is 31.0 Å². The van der Waals surface area contributed by atoms with E-state index in [4.69, 9.17) is 4.74 Å². The van der Waals surface area contributed by atoms with Crippen molar-refractivity contribution in [3.05, 3.63) is 60.2 Å². The number of amides is 2. The zero-order valence-electron chi connectivity index (χ0n) is 18.2. The highest BCUT2D eigenvalue weighted by molar-refractivity contribution is 5.94. The van der Waals surface area contributed by atoms with Crippen molar-refractivity contribution in [3.8, 4) is 0 Å². The second kappa shape index (κ2) is 8.96. The summed E-state index contributed by atoms with van der Waals surface area (Å²) in [6, 6.07) is 7.36. The third-order valence-corrected chi connectivity index (χ3v) is 6.54. The van der Waals surface area contributed by atoms with Crippen molar-refractivity contribution < 1.29 is 14.3 Å². The molecule has 0 bridgehead atoms. The highest BCUT2D eigenvalue weighted by Gasteiger charge is 2.49. The van der Waals surface area contributed by atoms with Crippen LogP contribution in [0, 0.1) is 5.92 Å². The summed E-state index contributed by atoms with van der Waals surface area (Å²) in [6.07, 6.45) is 9.43. The number of ether oxygens (including phenoxy) is 1. The van der Waals surface area contributed by atoms with Crippen LogP contribution in [0.2, 0.25) is 0 Å². The predicted octanol–water partition coefficient (Wildman–Crippen LogP) is 1.49. The summed E-state index contributed by atoms with van der Waals surface area (Å²) in [5.74, 6) is 0.583. The normalized spacial score (nSPS) is 25.8. The van der Waals surface area contributed by atoms with Gasteiger partial charge in [0.15, 0.2) is 0 Å². The van der Waals surface area contributed by atoms with Crippen LogP contribution in [0.25, 0.3) is 0 Å². The summed E-state index contributed by atoms with van der Waals surface area (Å²) in [5.41, 5.74) is 1.03.